The summed E-state index contributed by atoms with van der Waals surface area (Å²) >= 11 is 0. The van der Waals surface area contributed by atoms with E-state index in [2.05, 4.69) is 15.3 Å². The smallest absolute Gasteiger partial charge is 0.320 e. The van der Waals surface area contributed by atoms with Crippen molar-refractivity contribution in [1.82, 2.24) is 14.9 Å². The zero-order valence-electron chi connectivity index (χ0n) is 32.6. The molecule has 2 aliphatic heterocycles. The number of fused-ring (bicyclic) bond motifs is 1. The summed E-state index contributed by atoms with van der Waals surface area (Å²) in [5, 5.41) is 2.46. The van der Waals surface area contributed by atoms with Gasteiger partial charge in [-0.2, -0.15) is 9.97 Å². The van der Waals surface area contributed by atoms with Gasteiger partial charge in [0.05, 0.1) is 15.8 Å². The molecule has 1 amide bonds. The number of nitrogens with zero attached hydrogens (tertiary/aromatic N) is 4. The van der Waals surface area contributed by atoms with E-state index in [1.807, 2.05) is 0 Å². The second-order valence-corrected chi connectivity index (χ2v) is 6.32. The molecule has 2 aromatic rings. The lowest BCUT2D eigenvalue weighted by Gasteiger charge is -2.30. The highest BCUT2D eigenvalue weighted by atomic mass is 16.5. The van der Waals surface area contributed by atoms with E-state index in [4.69, 9.17) is 33.8 Å². The molecule has 8 heteroatoms. The van der Waals surface area contributed by atoms with Crippen molar-refractivity contribution < 1.29 is 32.8 Å². The van der Waals surface area contributed by atoms with Crippen molar-refractivity contribution in [2.45, 2.75) is 45.4 Å². The van der Waals surface area contributed by atoms with Gasteiger partial charge in [0.2, 0.25) is 5.91 Å². The monoisotopic (exact) mass is 427 g/mol. The molecule has 30 heavy (non-hydrogen) atoms. The van der Waals surface area contributed by atoms with Gasteiger partial charge in [-0.1, -0.05) is 37.5 Å². The molecule has 1 fully saturated rings. The van der Waals surface area contributed by atoms with Gasteiger partial charge in [0.1, 0.15) is 5.69 Å². The minimum absolute atomic E-state index is 0.0671. The first-order valence-electron chi connectivity index (χ1n) is 17.3. The van der Waals surface area contributed by atoms with Crippen LogP contribution in [0.15, 0.2) is 24.3 Å². The van der Waals surface area contributed by atoms with Gasteiger partial charge in [0.25, 0.3) is 0 Å². The van der Waals surface area contributed by atoms with Crippen LogP contribution in [0.4, 0.5) is 17.3 Å². The molecule has 3 heterocycles. The number of anilines is 3. The Labute approximate surface area is 201 Å². The number of hydrogen-bond acceptors (Lipinski definition) is 7. The Bertz CT molecular complexity index is 1520. The van der Waals surface area contributed by atoms with E-state index in [0.29, 0.717) is 16.0 Å². The third kappa shape index (κ3) is 4.81. The van der Waals surface area contributed by atoms with Crippen molar-refractivity contribution in [3.05, 3.63) is 35.4 Å². The van der Waals surface area contributed by atoms with Crippen molar-refractivity contribution in [3.8, 4) is 6.01 Å². The minimum atomic E-state index is -3.76. The molecule has 1 aromatic heterocycles. The summed E-state index contributed by atoms with van der Waals surface area (Å²) in [6, 6.07) is 5.10. The summed E-state index contributed by atoms with van der Waals surface area (Å²) in [5.74, 6) is -1.07. The lowest BCUT2D eigenvalue weighted by molar-refractivity contribution is -0.115. The molecular weight excluding hydrogens is 380 g/mol. The van der Waals surface area contributed by atoms with Gasteiger partial charge < -0.3 is 20.7 Å². The Hall–Kier alpha value is -2.87. The van der Waals surface area contributed by atoms with Gasteiger partial charge in [0.15, 0.2) is 11.6 Å². The number of carbonyl (C=O) groups is 1. The first-order valence-corrected chi connectivity index (χ1v) is 8.80. The van der Waals surface area contributed by atoms with Crippen LogP contribution in [0, 0.1) is 0 Å². The predicted molar refractivity (Wildman–Crippen MR) is 117 cm³/mol. The Morgan fingerprint density at radius 3 is 2.70 bits per heavy atom. The highest BCUT2D eigenvalue weighted by Gasteiger charge is 2.27. The highest BCUT2D eigenvalue weighted by molar-refractivity contribution is 6.03. The van der Waals surface area contributed by atoms with Crippen molar-refractivity contribution in [2.75, 3.05) is 42.0 Å². The van der Waals surface area contributed by atoms with E-state index in [-0.39, 0.29) is 24.6 Å². The summed E-state index contributed by atoms with van der Waals surface area (Å²) in [6.07, 6.45) is -13.8. The average molecular weight is 428 g/mol. The molecule has 0 bridgehead atoms. The number of benzene rings is 1. The topological polar surface area (TPSA) is 96.6 Å². The lowest BCUT2D eigenvalue weighted by atomic mass is 10.1. The van der Waals surface area contributed by atoms with Crippen molar-refractivity contribution in [3.63, 3.8) is 0 Å². The van der Waals surface area contributed by atoms with E-state index in [0.717, 1.165) is 0 Å². The zero-order valence-corrected chi connectivity index (χ0v) is 15.6. The Kier molecular flexibility index (Phi) is 2.58. The normalized spacial score (nSPS) is 33.4. The van der Waals surface area contributed by atoms with Gasteiger partial charge in [-0.05, 0) is 43.2 Å². The number of carbonyl (C=O) groups excluding carboxylic acids is 1. The molecule has 0 saturated carbocycles. The fraction of sp³-hybridized carbons (Fsp3) is 0.500. The number of nitrogens with one attached hydrogen (secondary N) is 1. The largest absolute Gasteiger partial charge is 0.463 e. The number of aromatic nitrogens is 2. The number of nitrogens with two attached hydrogens (primary N) is 1. The number of nitrogen functional groups attached to an aromatic ring is 1. The molecule has 0 spiro atoms. The van der Waals surface area contributed by atoms with Gasteiger partial charge in [-0.3, -0.25) is 9.69 Å². The Morgan fingerprint density at radius 2 is 1.97 bits per heavy atom. The maximum Gasteiger partial charge on any atom is 0.320 e. The molecular formula is C22H30N6O2. The van der Waals surface area contributed by atoms with Crippen LogP contribution in [-0.2, 0) is 17.9 Å². The van der Waals surface area contributed by atoms with E-state index in [9.17, 15) is 4.79 Å². The SMILES string of the molecule is [2H]C([2H])([2H])C([2H])([2H])C([2H])([2H])C([2H])([2H])Oc1nc(N)c2c(n1)N(Cc1ccc(CN3C([2H])([2H])C([2H])([2H])C([2H])([2H])C3([2H])[2H])cc1)CC(=O)N2. The second kappa shape index (κ2) is 9.30. The summed E-state index contributed by atoms with van der Waals surface area (Å²) in [7, 11) is 0. The molecule has 4 rings (SSSR count). The summed E-state index contributed by atoms with van der Waals surface area (Å²) in [6.45, 7) is -14.1. The highest BCUT2D eigenvalue weighted by Crippen LogP contribution is 2.34. The maximum atomic E-state index is 12.5. The van der Waals surface area contributed by atoms with Crippen LogP contribution in [0.2, 0.25) is 0 Å². The number of ether oxygens (including phenoxy) is 1. The van der Waals surface area contributed by atoms with Gasteiger partial charge in [-0.15, -0.1) is 0 Å². The molecule has 0 atom stereocenters. The molecule has 1 saturated heterocycles. The standard InChI is InChI=1S/C22H30N6O2/c1-2-3-12-30-22-25-20(23)19-21(26-22)28(15-18(29)24-19)14-17-8-6-16(7-9-17)13-27-10-4-5-11-27/h6-9H,2-5,10-15H2,1H3,(H,24,29)(H2,23,25,26)/i1D3,2D2,3D2,4D2,5D2,10D2,11D2,12D2. The number of hydrogen-bond donors (Lipinski definition) is 2. The van der Waals surface area contributed by atoms with Gasteiger partial charge in [0, 0.05) is 33.7 Å². The van der Waals surface area contributed by atoms with Crippen molar-refractivity contribution in [2.24, 2.45) is 0 Å². The van der Waals surface area contributed by atoms with Crippen LogP contribution in [0.3, 0.4) is 0 Å². The van der Waals surface area contributed by atoms with Gasteiger partial charge in [-0.25, -0.2) is 0 Å². The third-order valence-corrected chi connectivity index (χ3v) is 4.23. The molecule has 2 aliphatic rings. The average Bonchev–Trinajstić information content (AvgIpc) is 2.97. The lowest BCUT2D eigenvalue weighted by Crippen LogP contribution is -2.39. The first kappa shape index (κ1) is 8.34. The zero-order chi connectivity index (χ0) is 36.0. The summed E-state index contributed by atoms with van der Waals surface area (Å²) < 4.78 is 139. The Balaban J connectivity index is 1.60. The van der Waals surface area contributed by atoms with Crippen LogP contribution in [0.1, 0.15) is 66.8 Å². The summed E-state index contributed by atoms with van der Waals surface area (Å²) in [4.78, 5) is 22.1. The molecule has 0 radical (unpaired) electrons. The quantitative estimate of drug-likeness (QED) is 0.668. The van der Waals surface area contributed by atoms with Crippen LogP contribution in [0.5, 0.6) is 6.01 Å². The van der Waals surface area contributed by atoms with E-state index in [1.165, 1.54) is 29.2 Å². The molecule has 1 aromatic carbocycles. The van der Waals surface area contributed by atoms with Gasteiger partial charge >= 0.3 is 6.01 Å². The molecule has 0 aliphatic carbocycles. The van der Waals surface area contributed by atoms with Crippen molar-refractivity contribution in [1.29, 1.82) is 0 Å². The number of amides is 1. The number of likely N-dealkylation sites (tertiary alicyclic amines) is 1. The molecule has 3 N–H and O–H groups in total. The fourth-order valence-electron chi connectivity index (χ4n) is 2.94. The van der Waals surface area contributed by atoms with Crippen LogP contribution >= 0.6 is 0 Å². The maximum absolute atomic E-state index is 12.5. The van der Waals surface area contributed by atoms with Crippen LogP contribution in [0.25, 0.3) is 0 Å². The van der Waals surface area contributed by atoms with Crippen molar-refractivity contribution >= 4 is 23.2 Å². The Morgan fingerprint density at radius 1 is 1.23 bits per heavy atom. The van der Waals surface area contributed by atoms with E-state index < -0.39 is 76.2 Å². The van der Waals surface area contributed by atoms with Crippen LogP contribution in [-0.4, -0.2) is 46.9 Å². The second-order valence-electron chi connectivity index (χ2n) is 6.32. The van der Waals surface area contributed by atoms with Crippen LogP contribution < -0.4 is 20.7 Å². The fourth-order valence-corrected chi connectivity index (χ4v) is 2.94. The first-order chi connectivity index (χ1) is 21.0. The summed E-state index contributed by atoms with van der Waals surface area (Å²) in [5.41, 5.74) is 6.66. The molecule has 8 nitrogen and oxygen atoms in total. The van der Waals surface area contributed by atoms with E-state index in [1.54, 1.807) is 0 Å². The number of rotatable bonds is 8. The minimum Gasteiger partial charge on any atom is -0.463 e. The third-order valence-electron chi connectivity index (χ3n) is 4.23. The predicted octanol–water partition coefficient (Wildman–Crippen LogP) is 2.79. The van der Waals surface area contributed by atoms with E-state index >= 15 is 0 Å². The molecule has 160 valence electrons. The molecule has 0 unspecified atom stereocenters.